The summed E-state index contributed by atoms with van der Waals surface area (Å²) in [6, 6.07) is 12.9. The molecule has 18 heavy (non-hydrogen) atoms. The molecule has 0 fully saturated rings. The summed E-state index contributed by atoms with van der Waals surface area (Å²) >= 11 is 0. The van der Waals surface area contributed by atoms with Crippen LogP contribution in [0.3, 0.4) is 0 Å². The van der Waals surface area contributed by atoms with Crippen LogP contribution in [0.25, 0.3) is 0 Å². The van der Waals surface area contributed by atoms with E-state index < -0.39 is 0 Å². The van der Waals surface area contributed by atoms with E-state index in [0.29, 0.717) is 0 Å². The lowest BCUT2D eigenvalue weighted by atomic mass is 10.1. The van der Waals surface area contributed by atoms with Gasteiger partial charge < -0.3 is 5.32 Å². The summed E-state index contributed by atoms with van der Waals surface area (Å²) < 4.78 is 0. The molecule has 2 heteroatoms. The predicted molar refractivity (Wildman–Crippen MR) is 75.4 cm³/mol. The SMILES string of the molecule is Cc1ccc(CN[C@H](C)c2ccccn2)cc1C. The van der Waals surface area contributed by atoms with Gasteiger partial charge in [0.05, 0.1) is 5.69 Å². The van der Waals surface area contributed by atoms with Crippen LogP contribution in [0.2, 0.25) is 0 Å². The fraction of sp³-hybridized carbons (Fsp3) is 0.312. The Bertz CT molecular complexity index is 506. The zero-order valence-corrected chi connectivity index (χ0v) is 11.3. The highest BCUT2D eigenvalue weighted by atomic mass is 14.9. The first kappa shape index (κ1) is 12.8. The van der Waals surface area contributed by atoms with E-state index in [4.69, 9.17) is 0 Å². The first-order chi connectivity index (χ1) is 8.66. The predicted octanol–water partition coefficient (Wildman–Crippen LogP) is 3.55. The Morgan fingerprint density at radius 1 is 1.11 bits per heavy atom. The lowest BCUT2D eigenvalue weighted by Crippen LogP contribution is -2.19. The monoisotopic (exact) mass is 240 g/mol. The van der Waals surface area contributed by atoms with Crippen LogP contribution in [-0.4, -0.2) is 4.98 Å². The van der Waals surface area contributed by atoms with Crippen molar-refractivity contribution in [2.75, 3.05) is 0 Å². The number of aryl methyl sites for hydroxylation is 2. The summed E-state index contributed by atoms with van der Waals surface area (Å²) in [6.07, 6.45) is 1.84. The molecule has 0 spiro atoms. The second kappa shape index (κ2) is 5.78. The van der Waals surface area contributed by atoms with Gasteiger partial charge in [-0.25, -0.2) is 0 Å². The second-order valence-electron chi connectivity index (χ2n) is 4.78. The van der Waals surface area contributed by atoms with E-state index in [-0.39, 0.29) is 6.04 Å². The van der Waals surface area contributed by atoms with Crippen molar-refractivity contribution >= 4 is 0 Å². The molecule has 0 aliphatic rings. The minimum atomic E-state index is 0.271. The molecule has 94 valence electrons. The minimum absolute atomic E-state index is 0.271. The van der Waals surface area contributed by atoms with Crippen molar-refractivity contribution in [3.8, 4) is 0 Å². The van der Waals surface area contributed by atoms with Gasteiger partial charge in [-0.2, -0.15) is 0 Å². The number of hydrogen-bond donors (Lipinski definition) is 1. The van der Waals surface area contributed by atoms with Crippen molar-refractivity contribution < 1.29 is 0 Å². The van der Waals surface area contributed by atoms with Crippen molar-refractivity contribution in [2.24, 2.45) is 0 Å². The summed E-state index contributed by atoms with van der Waals surface area (Å²) in [6.45, 7) is 7.31. The Morgan fingerprint density at radius 2 is 1.94 bits per heavy atom. The number of aromatic nitrogens is 1. The van der Waals surface area contributed by atoms with E-state index in [1.54, 1.807) is 0 Å². The topological polar surface area (TPSA) is 24.9 Å². The van der Waals surface area contributed by atoms with Gasteiger partial charge in [0, 0.05) is 18.8 Å². The van der Waals surface area contributed by atoms with Gasteiger partial charge in [0.1, 0.15) is 0 Å². The van der Waals surface area contributed by atoms with Gasteiger partial charge in [-0.05, 0) is 49.6 Å². The molecule has 0 saturated heterocycles. The van der Waals surface area contributed by atoms with Gasteiger partial charge in [-0.1, -0.05) is 24.3 Å². The fourth-order valence-corrected chi connectivity index (χ4v) is 1.92. The highest BCUT2D eigenvalue weighted by Crippen LogP contribution is 2.12. The highest BCUT2D eigenvalue weighted by molar-refractivity contribution is 5.29. The Hall–Kier alpha value is -1.67. The molecule has 1 heterocycles. The van der Waals surface area contributed by atoms with Gasteiger partial charge in [0.2, 0.25) is 0 Å². The maximum atomic E-state index is 4.36. The van der Waals surface area contributed by atoms with E-state index in [0.717, 1.165) is 12.2 Å². The molecule has 0 bridgehead atoms. The molecule has 0 unspecified atom stereocenters. The van der Waals surface area contributed by atoms with Crippen LogP contribution in [0.5, 0.6) is 0 Å². The molecule has 0 aliphatic carbocycles. The van der Waals surface area contributed by atoms with E-state index in [2.05, 4.69) is 55.3 Å². The van der Waals surface area contributed by atoms with Crippen LogP contribution in [0, 0.1) is 13.8 Å². The molecular weight excluding hydrogens is 220 g/mol. The molecular formula is C16H20N2. The first-order valence-electron chi connectivity index (χ1n) is 6.37. The molecule has 0 amide bonds. The van der Waals surface area contributed by atoms with E-state index in [9.17, 15) is 0 Å². The Labute approximate surface area is 109 Å². The van der Waals surface area contributed by atoms with Crippen LogP contribution in [0.4, 0.5) is 0 Å². The van der Waals surface area contributed by atoms with Crippen molar-refractivity contribution in [1.82, 2.24) is 10.3 Å². The van der Waals surface area contributed by atoms with Crippen molar-refractivity contribution in [2.45, 2.75) is 33.4 Å². The Kier molecular flexibility index (Phi) is 4.11. The van der Waals surface area contributed by atoms with Crippen LogP contribution in [0.15, 0.2) is 42.6 Å². The number of rotatable bonds is 4. The van der Waals surface area contributed by atoms with Gasteiger partial charge in [-0.3, -0.25) is 4.98 Å². The van der Waals surface area contributed by atoms with Crippen LogP contribution >= 0.6 is 0 Å². The quantitative estimate of drug-likeness (QED) is 0.884. The average Bonchev–Trinajstić information content (AvgIpc) is 2.41. The van der Waals surface area contributed by atoms with Crippen LogP contribution in [-0.2, 0) is 6.54 Å². The smallest absolute Gasteiger partial charge is 0.0570 e. The molecule has 0 aliphatic heterocycles. The number of nitrogens with one attached hydrogen (secondary N) is 1. The molecule has 0 saturated carbocycles. The largest absolute Gasteiger partial charge is 0.305 e. The van der Waals surface area contributed by atoms with Crippen molar-refractivity contribution in [3.63, 3.8) is 0 Å². The second-order valence-corrected chi connectivity index (χ2v) is 4.78. The summed E-state index contributed by atoms with van der Waals surface area (Å²) in [5.74, 6) is 0. The zero-order valence-electron chi connectivity index (χ0n) is 11.3. The molecule has 2 rings (SSSR count). The van der Waals surface area contributed by atoms with E-state index >= 15 is 0 Å². The summed E-state index contributed by atoms with van der Waals surface area (Å²) in [5.41, 5.74) is 5.10. The fourth-order valence-electron chi connectivity index (χ4n) is 1.92. The maximum absolute atomic E-state index is 4.36. The third-order valence-electron chi connectivity index (χ3n) is 3.32. The molecule has 2 aromatic rings. The maximum Gasteiger partial charge on any atom is 0.0570 e. The number of nitrogens with zero attached hydrogens (tertiary/aromatic N) is 1. The molecule has 1 aromatic heterocycles. The standard InChI is InChI=1S/C16H20N2/c1-12-7-8-15(10-13(12)2)11-18-14(3)16-6-4-5-9-17-16/h4-10,14,18H,11H2,1-3H3/t14-/m1/s1. The van der Waals surface area contributed by atoms with Crippen LogP contribution < -0.4 is 5.32 Å². The molecule has 1 atom stereocenters. The Balaban J connectivity index is 1.97. The van der Waals surface area contributed by atoms with Gasteiger partial charge in [0.25, 0.3) is 0 Å². The molecule has 1 N–H and O–H groups in total. The average molecular weight is 240 g/mol. The summed E-state index contributed by atoms with van der Waals surface area (Å²) in [4.78, 5) is 4.36. The number of pyridine rings is 1. The Morgan fingerprint density at radius 3 is 2.61 bits per heavy atom. The zero-order chi connectivity index (χ0) is 13.0. The van der Waals surface area contributed by atoms with Crippen molar-refractivity contribution in [3.05, 3.63) is 65.0 Å². The third-order valence-corrected chi connectivity index (χ3v) is 3.32. The molecule has 2 nitrogen and oxygen atoms in total. The van der Waals surface area contributed by atoms with Gasteiger partial charge in [-0.15, -0.1) is 0 Å². The summed E-state index contributed by atoms with van der Waals surface area (Å²) in [5, 5.41) is 3.50. The normalized spacial score (nSPS) is 12.4. The highest BCUT2D eigenvalue weighted by Gasteiger charge is 2.05. The first-order valence-corrected chi connectivity index (χ1v) is 6.37. The number of hydrogen-bond acceptors (Lipinski definition) is 2. The summed E-state index contributed by atoms with van der Waals surface area (Å²) in [7, 11) is 0. The van der Waals surface area contributed by atoms with Crippen LogP contribution in [0.1, 0.15) is 35.3 Å². The lowest BCUT2D eigenvalue weighted by Gasteiger charge is -2.13. The minimum Gasteiger partial charge on any atom is -0.305 e. The van der Waals surface area contributed by atoms with E-state index in [1.165, 1.54) is 16.7 Å². The third kappa shape index (κ3) is 3.17. The lowest BCUT2D eigenvalue weighted by molar-refractivity contribution is 0.561. The van der Waals surface area contributed by atoms with Gasteiger partial charge in [0.15, 0.2) is 0 Å². The van der Waals surface area contributed by atoms with Gasteiger partial charge >= 0.3 is 0 Å². The number of benzene rings is 1. The van der Waals surface area contributed by atoms with E-state index in [1.807, 2.05) is 18.3 Å². The van der Waals surface area contributed by atoms with Crippen molar-refractivity contribution in [1.29, 1.82) is 0 Å². The molecule has 1 aromatic carbocycles. The molecule has 0 radical (unpaired) electrons.